The number of hydrogen-bond donors (Lipinski definition) is 1. The molecule has 2 aliphatic rings. The van der Waals surface area contributed by atoms with E-state index in [1.165, 1.54) is 4.31 Å². The normalized spacial score (nSPS) is 34.0. The molecule has 0 amide bonds. The Hall–Kier alpha value is -0.210. The number of likely N-dealkylation sites (tertiary alicyclic amines) is 1. The van der Waals surface area contributed by atoms with Gasteiger partial charge in [-0.1, -0.05) is 6.92 Å². The number of rotatable bonds is 4. The number of nitrogens with zero attached hydrogens (tertiary/aromatic N) is 2. The van der Waals surface area contributed by atoms with Gasteiger partial charge < -0.3 is 4.74 Å². The first kappa shape index (κ1) is 16.2. The van der Waals surface area contributed by atoms with Crippen LogP contribution in [-0.4, -0.2) is 68.6 Å². The van der Waals surface area contributed by atoms with Crippen molar-refractivity contribution in [2.45, 2.75) is 45.9 Å². The fourth-order valence-corrected chi connectivity index (χ4v) is 4.41. The van der Waals surface area contributed by atoms with E-state index in [-0.39, 0.29) is 12.1 Å². The second-order valence-corrected chi connectivity index (χ2v) is 8.00. The highest BCUT2D eigenvalue weighted by Gasteiger charge is 2.36. The topological polar surface area (TPSA) is 61.9 Å². The zero-order valence-corrected chi connectivity index (χ0v) is 13.7. The Morgan fingerprint density at radius 2 is 1.90 bits per heavy atom. The second-order valence-electron chi connectivity index (χ2n) is 6.29. The maximum Gasteiger partial charge on any atom is 0.279 e. The minimum absolute atomic E-state index is 0.000510. The second kappa shape index (κ2) is 6.27. The molecule has 7 heteroatoms. The lowest BCUT2D eigenvalue weighted by Gasteiger charge is -2.31. The summed E-state index contributed by atoms with van der Waals surface area (Å²) in [7, 11) is -3.41. The molecule has 20 heavy (non-hydrogen) atoms. The smallest absolute Gasteiger partial charge is 0.279 e. The third-order valence-corrected chi connectivity index (χ3v) is 5.83. The maximum atomic E-state index is 12.4. The average molecular weight is 305 g/mol. The van der Waals surface area contributed by atoms with Gasteiger partial charge in [-0.05, 0) is 26.7 Å². The average Bonchev–Trinajstić information content (AvgIpc) is 2.70. The third-order valence-electron chi connectivity index (χ3n) is 4.21. The van der Waals surface area contributed by atoms with Crippen LogP contribution in [0.5, 0.6) is 0 Å². The van der Waals surface area contributed by atoms with Crippen LogP contribution in [0.4, 0.5) is 0 Å². The Bertz CT molecular complexity index is 427. The predicted octanol–water partition coefficient (Wildman–Crippen LogP) is 0.270. The molecule has 0 aromatic carbocycles. The minimum atomic E-state index is -3.41. The van der Waals surface area contributed by atoms with Crippen LogP contribution < -0.4 is 4.72 Å². The highest BCUT2D eigenvalue weighted by molar-refractivity contribution is 7.87. The quantitative estimate of drug-likeness (QED) is 0.810. The van der Waals surface area contributed by atoms with E-state index in [0.29, 0.717) is 31.7 Å². The van der Waals surface area contributed by atoms with Gasteiger partial charge in [-0.15, -0.1) is 0 Å². The van der Waals surface area contributed by atoms with E-state index in [2.05, 4.69) is 30.4 Å². The Kier molecular flexibility index (Phi) is 5.07. The van der Waals surface area contributed by atoms with Crippen LogP contribution in [0.1, 0.15) is 27.7 Å². The van der Waals surface area contributed by atoms with Gasteiger partial charge in [0.25, 0.3) is 10.2 Å². The summed E-state index contributed by atoms with van der Waals surface area (Å²) in [5.41, 5.74) is 0. The standard InChI is InChI=1S/C13H27N3O3S/c1-10(2)15-7-11(3)13(9-15)14-20(17,18)16-5-6-19-12(4)8-16/h10-14H,5-9H2,1-4H3/t11-,12+,13+/m0/s1. The molecule has 3 atom stereocenters. The molecule has 0 saturated carbocycles. The van der Waals surface area contributed by atoms with Crippen molar-refractivity contribution in [2.24, 2.45) is 5.92 Å². The van der Waals surface area contributed by atoms with Crippen molar-refractivity contribution in [1.29, 1.82) is 0 Å². The molecular formula is C13H27N3O3S. The number of ether oxygens (including phenoxy) is 1. The van der Waals surface area contributed by atoms with Gasteiger partial charge in [0.05, 0.1) is 12.7 Å². The van der Waals surface area contributed by atoms with Gasteiger partial charge in [0.2, 0.25) is 0 Å². The molecule has 0 aromatic rings. The lowest BCUT2D eigenvalue weighted by atomic mass is 10.1. The fourth-order valence-electron chi connectivity index (χ4n) is 2.85. The van der Waals surface area contributed by atoms with Gasteiger partial charge in [-0.25, -0.2) is 0 Å². The number of nitrogens with one attached hydrogen (secondary N) is 1. The molecule has 6 nitrogen and oxygen atoms in total. The van der Waals surface area contributed by atoms with E-state index in [0.717, 1.165) is 13.1 Å². The molecular weight excluding hydrogens is 278 g/mol. The van der Waals surface area contributed by atoms with Gasteiger partial charge in [0.15, 0.2) is 0 Å². The summed E-state index contributed by atoms with van der Waals surface area (Å²) >= 11 is 0. The van der Waals surface area contributed by atoms with E-state index in [1.807, 2.05) is 6.92 Å². The van der Waals surface area contributed by atoms with Crippen molar-refractivity contribution >= 4 is 10.2 Å². The summed E-state index contributed by atoms with van der Waals surface area (Å²) < 4.78 is 34.7. The van der Waals surface area contributed by atoms with Crippen LogP contribution in [0.3, 0.4) is 0 Å². The molecule has 2 saturated heterocycles. The zero-order chi connectivity index (χ0) is 14.9. The summed E-state index contributed by atoms with van der Waals surface area (Å²) in [5, 5.41) is 0. The van der Waals surface area contributed by atoms with E-state index >= 15 is 0 Å². The summed E-state index contributed by atoms with van der Waals surface area (Å²) in [4.78, 5) is 2.32. The predicted molar refractivity (Wildman–Crippen MR) is 78.7 cm³/mol. The Balaban J connectivity index is 1.98. The Morgan fingerprint density at radius 3 is 2.45 bits per heavy atom. The third kappa shape index (κ3) is 3.71. The van der Waals surface area contributed by atoms with Crippen molar-refractivity contribution in [3.63, 3.8) is 0 Å². The first-order valence-corrected chi connectivity index (χ1v) is 8.86. The van der Waals surface area contributed by atoms with Gasteiger partial charge in [-0.2, -0.15) is 17.4 Å². The fraction of sp³-hybridized carbons (Fsp3) is 1.00. The molecule has 0 spiro atoms. The van der Waals surface area contributed by atoms with Crippen molar-refractivity contribution in [3.05, 3.63) is 0 Å². The highest BCUT2D eigenvalue weighted by Crippen LogP contribution is 2.20. The summed E-state index contributed by atoms with van der Waals surface area (Å²) in [6.07, 6.45) is -0.0338. The largest absolute Gasteiger partial charge is 0.376 e. The van der Waals surface area contributed by atoms with Crippen LogP contribution >= 0.6 is 0 Å². The molecule has 118 valence electrons. The van der Waals surface area contributed by atoms with Crippen molar-refractivity contribution in [2.75, 3.05) is 32.8 Å². The molecule has 0 aliphatic carbocycles. The number of morpholine rings is 1. The molecule has 0 radical (unpaired) electrons. The molecule has 0 bridgehead atoms. The molecule has 1 N–H and O–H groups in total. The van der Waals surface area contributed by atoms with Crippen LogP contribution in [-0.2, 0) is 14.9 Å². The number of hydrogen-bond acceptors (Lipinski definition) is 4. The van der Waals surface area contributed by atoms with E-state index in [1.54, 1.807) is 0 Å². The summed E-state index contributed by atoms with van der Waals surface area (Å²) in [6, 6.07) is 0.455. The zero-order valence-electron chi connectivity index (χ0n) is 12.9. The highest BCUT2D eigenvalue weighted by atomic mass is 32.2. The lowest BCUT2D eigenvalue weighted by molar-refractivity contribution is 0.00963. The van der Waals surface area contributed by atoms with E-state index in [9.17, 15) is 8.42 Å². The minimum Gasteiger partial charge on any atom is -0.376 e. The Labute approximate surface area is 122 Å². The van der Waals surface area contributed by atoms with Gasteiger partial charge in [0, 0.05) is 38.3 Å². The lowest BCUT2D eigenvalue weighted by Crippen LogP contribution is -2.52. The summed E-state index contributed by atoms with van der Waals surface area (Å²) in [5.74, 6) is 0.339. The molecule has 2 aliphatic heterocycles. The van der Waals surface area contributed by atoms with Crippen molar-refractivity contribution in [1.82, 2.24) is 13.9 Å². The first-order chi connectivity index (χ1) is 9.29. The van der Waals surface area contributed by atoms with Crippen molar-refractivity contribution in [3.8, 4) is 0 Å². The maximum absolute atomic E-state index is 12.4. The van der Waals surface area contributed by atoms with Crippen LogP contribution in [0, 0.1) is 5.92 Å². The first-order valence-electron chi connectivity index (χ1n) is 7.42. The molecule has 2 rings (SSSR count). The van der Waals surface area contributed by atoms with E-state index in [4.69, 9.17) is 4.74 Å². The molecule has 0 aromatic heterocycles. The summed E-state index contributed by atoms with van der Waals surface area (Å²) in [6.45, 7) is 11.4. The Morgan fingerprint density at radius 1 is 1.20 bits per heavy atom. The van der Waals surface area contributed by atoms with Gasteiger partial charge in [0.1, 0.15) is 0 Å². The van der Waals surface area contributed by atoms with Crippen LogP contribution in [0.25, 0.3) is 0 Å². The molecule has 2 fully saturated rings. The SMILES string of the molecule is CC(C)N1C[C@H](C)[C@H](NS(=O)(=O)N2CCO[C@H](C)C2)C1. The van der Waals surface area contributed by atoms with Gasteiger partial charge >= 0.3 is 0 Å². The monoisotopic (exact) mass is 305 g/mol. The molecule has 2 heterocycles. The van der Waals surface area contributed by atoms with Crippen molar-refractivity contribution < 1.29 is 13.2 Å². The van der Waals surface area contributed by atoms with E-state index < -0.39 is 10.2 Å². The van der Waals surface area contributed by atoms with Gasteiger partial charge in [-0.3, -0.25) is 4.90 Å². The van der Waals surface area contributed by atoms with Crippen LogP contribution in [0.15, 0.2) is 0 Å². The van der Waals surface area contributed by atoms with Crippen LogP contribution in [0.2, 0.25) is 0 Å². The molecule has 0 unspecified atom stereocenters.